The van der Waals surface area contributed by atoms with Crippen molar-refractivity contribution in [2.75, 3.05) is 7.11 Å². The number of aromatic nitrogens is 1. The molecule has 6 rings (SSSR count). The Morgan fingerprint density at radius 2 is 1.48 bits per heavy atom. The first-order valence-corrected chi connectivity index (χ1v) is 14.9. The maximum atomic E-state index is 15.5. The highest BCUT2D eigenvalue weighted by atomic mass is 19.4. The number of benzene rings is 3. The fourth-order valence-electron chi connectivity index (χ4n) is 6.31. The standard InChI is InChI=1S/C35H22F10N2O5/c1-15-7-16(31(48)49)3-4-20(15)21-11-23(28(51-2)13-25(21)36)24-14-46-29(35(43,44)45)12-22(24)26-5-6-27-30(52-32(50)47(26)27)17-8-18(33(37,38)39)10-19(9-17)34(40,41)42/h3-14,26-27,30H,1-2H3,(H,48,49)/t26-,27-,30+/m0/s1. The average molecular weight is 741 g/mol. The number of ether oxygens (including phenoxy) is 2. The van der Waals surface area contributed by atoms with Crippen LogP contribution in [0.25, 0.3) is 22.3 Å². The lowest BCUT2D eigenvalue weighted by Gasteiger charge is -2.26. The Hall–Kier alpha value is -5.61. The van der Waals surface area contributed by atoms with Crippen LogP contribution in [0.2, 0.25) is 0 Å². The monoisotopic (exact) mass is 740 g/mol. The molecule has 17 heteroatoms. The lowest BCUT2D eigenvalue weighted by molar-refractivity contribution is -0.143. The summed E-state index contributed by atoms with van der Waals surface area (Å²) in [7, 11) is 1.15. The molecular weight excluding hydrogens is 718 g/mol. The van der Waals surface area contributed by atoms with E-state index in [-0.39, 0.29) is 45.2 Å². The van der Waals surface area contributed by atoms with Crippen LogP contribution in [-0.2, 0) is 23.3 Å². The van der Waals surface area contributed by atoms with Gasteiger partial charge >= 0.3 is 30.6 Å². The zero-order valence-corrected chi connectivity index (χ0v) is 26.4. The van der Waals surface area contributed by atoms with E-state index in [2.05, 4.69) is 4.98 Å². The lowest BCUT2D eigenvalue weighted by atomic mass is 9.91. The molecule has 0 bridgehead atoms. The van der Waals surface area contributed by atoms with Crippen molar-refractivity contribution in [3.63, 3.8) is 0 Å². The Morgan fingerprint density at radius 3 is 2.04 bits per heavy atom. The third kappa shape index (κ3) is 6.50. The zero-order chi connectivity index (χ0) is 38.1. The Kier molecular flexibility index (Phi) is 8.74. The summed E-state index contributed by atoms with van der Waals surface area (Å²) in [6, 6.07) is 4.51. The van der Waals surface area contributed by atoms with E-state index in [0.29, 0.717) is 23.8 Å². The van der Waals surface area contributed by atoms with Gasteiger partial charge in [0.05, 0.1) is 35.9 Å². The maximum absolute atomic E-state index is 15.5. The molecule has 1 N–H and O–H groups in total. The number of halogens is 10. The van der Waals surface area contributed by atoms with Crippen LogP contribution in [0.5, 0.6) is 5.75 Å². The van der Waals surface area contributed by atoms with Crippen LogP contribution >= 0.6 is 0 Å². The van der Waals surface area contributed by atoms with Gasteiger partial charge in [-0.15, -0.1) is 0 Å². The first-order chi connectivity index (χ1) is 24.2. The van der Waals surface area contributed by atoms with Crippen molar-refractivity contribution in [2.24, 2.45) is 0 Å². The number of carboxylic acids is 1. The predicted molar refractivity (Wildman–Crippen MR) is 161 cm³/mol. The molecule has 1 fully saturated rings. The molecule has 1 amide bonds. The molecule has 2 aliphatic rings. The number of fused-ring (bicyclic) bond motifs is 1. The van der Waals surface area contributed by atoms with Gasteiger partial charge in [-0.25, -0.2) is 14.0 Å². The molecule has 3 aromatic carbocycles. The van der Waals surface area contributed by atoms with Crippen molar-refractivity contribution in [1.82, 2.24) is 9.88 Å². The number of aromatic carboxylic acids is 1. The molecule has 52 heavy (non-hydrogen) atoms. The second-order valence-corrected chi connectivity index (χ2v) is 11.9. The zero-order valence-electron chi connectivity index (χ0n) is 26.4. The van der Waals surface area contributed by atoms with Gasteiger partial charge in [0.25, 0.3) is 0 Å². The van der Waals surface area contributed by atoms with Gasteiger partial charge in [0.15, 0.2) is 6.10 Å². The molecular formula is C35H22F10N2O5. The number of carbonyl (C=O) groups is 2. The number of aryl methyl sites for hydroxylation is 1. The Morgan fingerprint density at radius 1 is 0.827 bits per heavy atom. The SMILES string of the molecule is COc1cc(F)c(-c2ccc(C(=O)O)cc2C)cc1-c1cnc(C(F)(F)F)cc1[C@@H]1C=C[C@H]2[C@@H](c3cc(C(F)(F)F)cc(C(F)(F)F)c3)OC(=O)N12. The van der Waals surface area contributed by atoms with Gasteiger partial charge in [-0.05, 0) is 71.6 Å². The van der Waals surface area contributed by atoms with Gasteiger partial charge in [-0.2, -0.15) is 39.5 Å². The van der Waals surface area contributed by atoms with Crippen molar-refractivity contribution < 1.29 is 68.1 Å². The molecule has 1 aromatic heterocycles. The highest BCUT2D eigenvalue weighted by molar-refractivity contribution is 5.89. The number of hydrogen-bond acceptors (Lipinski definition) is 5. The average Bonchev–Trinajstić information content (AvgIpc) is 3.64. The first kappa shape index (κ1) is 36.2. The van der Waals surface area contributed by atoms with Crippen LogP contribution in [0, 0.1) is 12.7 Å². The van der Waals surface area contributed by atoms with E-state index in [1.807, 2.05) is 0 Å². The lowest BCUT2D eigenvalue weighted by Crippen LogP contribution is -2.32. The minimum absolute atomic E-state index is 0.0227. The van der Waals surface area contributed by atoms with Gasteiger partial charge in [-0.3, -0.25) is 9.88 Å². The molecule has 3 heterocycles. The van der Waals surface area contributed by atoms with E-state index in [1.165, 1.54) is 43.3 Å². The summed E-state index contributed by atoms with van der Waals surface area (Å²) < 4.78 is 150. The molecule has 0 spiro atoms. The summed E-state index contributed by atoms with van der Waals surface area (Å²) in [6.07, 6.45) is -15.2. The number of nitrogens with zero attached hydrogens (tertiary/aromatic N) is 2. The Bertz CT molecular complexity index is 2110. The summed E-state index contributed by atoms with van der Waals surface area (Å²) in [5.41, 5.74) is -5.46. The summed E-state index contributed by atoms with van der Waals surface area (Å²) in [5, 5.41) is 9.34. The van der Waals surface area contributed by atoms with Crippen molar-refractivity contribution in [1.29, 1.82) is 0 Å². The van der Waals surface area contributed by atoms with Crippen LogP contribution in [-0.4, -0.2) is 40.2 Å². The summed E-state index contributed by atoms with van der Waals surface area (Å²) >= 11 is 0. The van der Waals surface area contributed by atoms with Crippen molar-refractivity contribution in [3.8, 4) is 28.0 Å². The van der Waals surface area contributed by atoms with Crippen LogP contribution < -0.4 is 4.74 Å². The smallest absolute Gasteiger partial charge is 0.433 e. The molecule has 7 nitrogen and oxygen atoms in total. The van der Waals surface area contributed by atoms with E-state index >= 15 is 4.39 Å². The summed E-state index contributed by atoms with van der Waals surface area (Å²) in [4.78, 5) is 29.1. The minimum atomic E-state index is -5.21. The fourth-order valence-corrected chi connectivity index (χ4v) is 6.31. The molecule has 0 saturated carbocycles. The van der Waals surface area contributed by atoms with Crippen LogP contribution in [0.1, 0.15) is 56.0 Å². The molecule has 0 unspecified atom stereocenters. The van der Waals surface area contributed by atoms with Gasteiger partial charge in [0.1, 0.15) is 17.3 Å². The highest BCUT2D eigenvalue weighted by Crippen LogP contribution is 2.49. The number of pyridine rings is 1. The maximum Gasteiger partial charge on any atom is 0.433 e. The van der Waals surface area contributed by atoms with Crippen molar-refractivity contribution in [2.45, 2.75) is 43.6 Å². The van der Waals surface area contributed by atoms with Gasteiger partial charge in [0.2, 0.25) is 0 Å². The molecule has 1 saturated heterocycles. The van der Waals surface area contributed by atoms with Crippen molar-refractivity contribution in [3.05, 3.63) is 118 Å². The predicted octanol–water partition coefficient (Wildman–Crippen LogP) is 9.80. The number of alkyl halides is 9. The number of rotatable bonds is 6. The largest absolute Gasteiger partial charge is 0.496 e. The summed E-state index contributed by atoms with van der Waals surface area (Å²) in [6.45, 7) is 1.51. The Balaban J connectivity index is 1.49. The number of carboxylic acid groups (broad SMARTS) is 1. The molecule has 0 aliphatic carbocycles. The number of amides is 1. The van der Waals surface area contributed by atoms with E-state index < -0.39 is 77.0 Å². The van der Waals surface area contributed by atoms with Gasteiger partial charge < -0.3 is 14.6 Å². The van der Waals surface area contributed by atoms with E-state index in [0.717, 1.165) is 24.3 Å². The van der Waals surface area contributed by atoms with Crippen LogP contribution in [0.15, 0.2) is 72.9 Å². The molecule has 0 radical (unpaired) electrons. The first-order valence-electron chi connectivity index (χ1n) is 14.9. The fraction of sp³-hybridized carbons (Fsp3) is 0.229. The molecule has 272 valence electrons. The quantitative estimate of drug-likeness (QED) is 0.157. The van der Waals surface area contributed by atoms with E-state index in [9.17, 15) is 54.2 Å². The number of methoxy groups -OCH3 is 1. The van der Waals surface area contributed by atoms with Crippen molar-refractivity contribution >= 4 is 12.1 Å². The third-order valence-electron chi connectivity index (χ3n) is 8.69. The minimum Gasteiger partial charge on any atom is -0.496 e. The van der Waals surface area contributed by atoms with Gasteiger partial charge in [0, 0.05) is 29.0 Å². The van der Waals surface area contributed by atoms with E-state index in [1.54, 1.807) is 0 Å². The number of cyclic esters (lactones) is 1. The van der Waals surface area contributed by atoms with Crippen LogP contribution in [0.3, 0.4) is 0 Å². The topological polar surface area (TPSA) is 89.0 Å². The number of carbonyl (C=O) groups excluding carboxylic acids is 1. The number of hydrogen-bond donors (Lipinski definition) is 1. The van der Waals surface area contributed by atoms with E-state index in [4.69, 9.17) is 9.47 Å². The van der Waals surface area contributed by atoms with Crippen LogP contribution in [0.4, 0.5) is 48.7 Å². The van der Waals surface area contributed by atoms with Gasteiger partial charge in [-0.1, -0.05) is 18.2 Å². The highest BCUT2D eigenvalue weighted by Gasteiger charge is 2.50. The normalized spacial score (nSPS) is 18.8. The molecule has 2 aliphatic heterocycles. The molecule has 4 aromatic rings. The second-order valence-electron chi connectivity index (χ2n) is 11.9. The molecule has 3 atom stereocenters. The third-order valence-corrected chi connectivity index (χ3v) is 8.69. The Labute approximate surface area is 286 Å². The summed E-state index contributed by atoms with van der Waals surface area (Å²) in [5.74, 6) is -2.28. The second kappa shape index (κ2) is 12.6.